The first-order chi connectivity index (χ1) is 6.81. The lowest BCUT2D eigenvalue weighted by Gasteiger charge is -2.13. The van der Waals surface area contributed by atoms with Crippen LogP contribution in [0.2, 0.25) is 0 Å². The molecule has 2 rings (SSSR count). The Balaban J connectivity index is 2.16. The molecule has 0 aromatic heterocycles. The van der Waals surface area contributed by atoms with Gasteiger partial charge in [0.1, 0.15) is 0 Å². The summed E-state index contributed by atoms with van der Waals surface area (Å²) >= 11 is 0. The van der Waals surface area contributed by atoms with Gasteiger partial charge >= 0.3 is 6.08 Å². The van der Waals surface area contributed by atoms with E-state index in [9.17, 15) is 0 Å². The van der Waals surface area contributed by atoms with Gasteiger partial charge in [-0.15, -0.1) is 0 Å². The lowest BCUT2D eigenvalue weighted by atomic mass is 10.0. The smallest absolute Gasteiger partial charge is 0.384 e. The summed E-state index contributed by atoms with van der Waals surface area (Å²) in [7, 11) is 1.57. The molecule has 2 atom stereocenters. The topological polar surface area (TPSA) is 30.8 Å². The second kappa shape index (κ2) is 3.70. The van der Waals surface area contributed by atoms with Crippen LogP contribution in [0.15, 0.2) is 35.3 Å². The third-order valence-corrected chi connectivity index (χ3v) is 2.28. The van der Waals surface area contributed by atoms with Gasteiger partial charge in [-0.05, 0) is 12.5 Å². The lowest BCUT2D eigenvalue weighted by molar-refractivity contribution is 0.145. The van der Waals surface area contributed by atoms with E-state index in [1.54, 1.807) is 7.11 Å². The minimum atomic E-state index is -0.00819. The highest BCUT2D eigenvalue weighted by Crippen LogP contribution is 2.28. The maximum Gasteiger partial charge on any atom is 0.384 e. The molecule has 0 fully saturated rings. The SMILES string of the molecule is COC1=N[C@H](C)[C@H](c2ccccc2)O1. The predicted molar refractivity (Wildman–Crippen MR) is 54.2 cm³/mol. The molecule has 1 aromatic rings. The van der Waals surface area contributed by atoms with Crippen LogP contribution < -0.4 is 0 Å². The van der Waals surface area contributed by atoms with E-state index in [0.717, 1.165) is 5.56 Å². The molecule has 0 amide bonds. The molecule has 3 nitrogen and oxygen atoms in total. The van der Waals surface area contributed by atoms with Crippen molar-refractivity contribution in [3.05, 3.63) is 35.9 Å². The van der Waals surface area contributed by atoms with Crippen LogP contribution in [0.1, 0.15) is 18.6 Å². The minimum absolute atomic E-state index is 0.00819. The fourth-order valence-electron chi connectivity index (χ4n) is 1.56. The molecule has 0 unspecified atom stereocenters. The van der Waals surface area contributed by atoms with Crippen molar-refractivity contribution in [2.45, 2.75) is 19.1 Å². The van der Waals surface area contributed by atoms with Crippen LogP contribution in [0.25, 0.3) is 0 Å². The summed E-state index contributed by atoms with van der Waals surface area (Å²) in [5.41, 5.74) is 1.14. The van der Waals surface area contributed by atoms with Gasteiger partial charge in [0.05, 0.1) is 13.2 Å². The fraction of sp³-hybridized carbons (Fsp3) is 0.364. The zero-order valence-corrected chi connectivity index (χ0v) is 8.31. The Kier molecular flexibility index (Phi) is 2.39. The number of nitrogens with zero attached hydrogens (tertiary/aromatic N) is 1. The Bertz CT molecular complexity index is 334. The average Bonchev–Trinajstić information content (AvgIpc) is 2.61. The van der Waals surface area contributed by atoms with Gasteiger partial charge in [-0.1, -0.05) is 30.3 Å². The standard InChI is InChI=1S/C11H13NO2/c1-8-10(14-11(12-8)13-2)9-6-4-3-5-7-9/h3-8,10H,1-2H3/t8-,10-/m1/s1. The summed E-state index contributed by atoms with van der Waals surface area (Å²) in [4.78, 5) is 4.24. The molecule has 3 heteroatoms. The first-order valence-electron chi connectivity index (χ1n) is 4.64. The van der Waals surface area contributed by atoms with E-state index in [1.165, 1.54) is 0 Å². The van der Waals surface area contributed by atoms with Crippen LogP contribution in [-0.4, -0.2) is 19.2 Å². The highest BCUT2D eigenvalue weighted by Gasteiger charge is 2.29. The Hall–Kier alpha value is -1.51. The van der Waals surface area contributed by atoms with Gasteiger partial charge in [0.25, 0.3) is 0 Å². The van der Waals surface area contributed by atoms with Gasteiger partial charge in [0, 0.05) is 0 Å². The van der Waals surface area contributed by atoms with Crippen LogP contribution in [0, 0.1) is 0 Å². The van der Waals surface area contributed by atoms with E-state index in [2.05, 4.69) is 4.99 Å². The number of hydrogen-bond donors (Lipinski definition) is 0. The molecular weight excluding hydrogens is 178 g/mol. The van der Waals surface area contributed by atoms with E-state index >= 15 is 0 Å². The molecule has 14 heavy (non-hydrogen) atoms. The number of hydrogen-bond acceptors (Lipinski definition) is 3. The van der Waals surface area contributed by atoms with E-state index in [0.29, 0.717) is 6.08 Å². The van der Waals surface area contributed by atoms with Crippen molar-refractivity contribution in [3.8, 4) is 0 Å². The molecule has 0 N–H and O–H groups in total. The maximum atomic E-state index is 5.54. The zero-order valence-electron chi connectivity index (χ0n) is 8.31. The number of methoxy groups -OCH3 is 1. The second-order valence-electron chi connectivity index (χ2n) is 3.29. The summed E-state index contributed by atoms with van der Waals surface area (Å²) in [6.07, 6.45) is 0.373. The van der Waals surface area contributed by atoms with Gasteiger partial charge < -0.3 is 9.47 Å². The van der Waals surface area contributed by atoms with E-state index in [1.807, 2.05) is 37.3 Å². The summed E-state index contributed by atoms with van der Waals surface area (Å²) in [6.45, 7) is 2.02. The van der Waals surface area contributed by atoms with Crippen molar-refractivity contribution < 1.29 is 9.47 Å². The first-order valence-corrected chi connectivity index (χ1v) is 4.64. The van der Waals surface area contributed by atoms with Crippen molar-refractivity contribution in [2.75, 3.05) is 7.11 Å². The van der Waals surface area contributed by atoms with Gasteiger partial charge in [-0.2, -0.15) is 0 Å². The Morgan fingerprint density at radius 2 is 2.00 bits per heavy atom. The third kappa shape index (κ3) is 1.58. The van der Waals surface area contributed by atoms with Crippen LogP contribution in [0.4, 0.5) is 0 Å². The van der Waals surface area contributed by atoms with Crippen LogP contribution in [0.3, 0.4) is 0 Å². The normalized spacial score (nSPS) is 25.4. The number of aliphatic imine (C=N–C) groups is 1. The molecule has 0 saturated heterocycles. The molecule has 0 bridgehead atoms. The van der Waals surface area contributed by atoms with Crippen LogP contribution >= 0.6 is 0 Å². The molecule has 1 aliphatic rings. The Morgan fingerprint density at radius 3 is 2.57 bits per heavy atom. The third-order valence-electron chi connectivity index (χ3n) is 2.28. The molecule has 0 radical (unpaired) electrons. The highest BCUT2D eigenvalue weighted by molar-refractivity contribution is 5.69. The molecule has 74 valence electrons. The molecule has 0 spiro atoms. The lowest BCUT2D eigenvalue weighted by Crippen LogP contribution is -2.10. The van der Waals surface area contributed by atoms with Crippen molar-refractivity contribution in [3.63, 3.8) is 0 Å². The van der Waals surface area contributed by atoms with Gasteiger partial charge in [0.2, 0.25) is 0 Å². The van der Waals surface area contributed by atoms with E-state index < -0.39 is 0 Å². The van der Waals surface area contributed by atoms with Crippen LogP contribution in [0.5, 0.6) is 0 Å². The molecule has 1 aliphatic heterocycles. The quantitative estimate of drug-likeness (QED) is 0.681. The van der Waals surface area contributed by atoms with Crippen LogP contribution in [-0.2, 0) is 9.47 Å². The molecule has 1 aromatic carbocycles. The van der Waals surface area contributed by atoms with Crippen molar-refractivity contribution in [1.29, 1.82) is 0 Å². The van der Waals surface area contributed by atoms with E-state index in [4.69, 9.17) is 9.47 Å². The second-order valence-corrected chi connectivity index (χ2v) is 3.29. The Morgan fingerprint density at radius 1 is 1.29 bits per heavy atom. The summed E-state index contributed by atoms with van der Waals surface area (Å²) in [5, 5.41) is 0. The van der Waals surface area contributed by atoms with Gasteiger partial charge in [-0.25, -0.2) is 4.99 Å². The summed E-state index contributed by atoms with van der Waals surface area (Å²) < 4.78 is 10.5. The van der Waals surface area contributed by atoms with Crippen molar-refractivity contribution in [1.82, 2.24) is 0 Å². The predicted octanol–water partition coefficient (Wildman–Crippen LogP) is 2.15. The molecule has 0 saturated carbocycles. The Labute approximate surface area is 83.4 Å². The number of benzene rings is 1. The maximum absolute atomic E-state index is 5.54. The molecular formula is C11H13NO2. The highest BCUT2D eigenvalue weighted by atomic mass is 16.7. The fourth-order valence-corrected chi connectivity index (χ4v) is 1.56. The summed E-state index contributed by atoms with van der Waals surface area (Å²) in [5.74, 6) is 0. The average molecular weight is 191 g/mol. The van der Waals surface area contributed by atoms with Gasteiger partial charge in [0.15, 0.2) is 6.10 Å². The van der Waals surface area contributed by atoms with Crippen molar-refractivity contribution in [2.24, 2.45) is 4.99 Å². The zero-order chi connectivity index (χ0) is 9.97. The van der Waals surface area contributed by atoms with Gasteiger partial charge in [-0.3, -0.25) is 0 Å². The summed E-state index contributed by atoms with van der Waals surface area (Å²) in [6, 6.07) is 10.2. The molecule has 1 heterocycles. The minimum Gasteiger partial charge on any atom is -0.454 e. The largest absolute Gasteiger partial charge is 0.454 e. The first kappa shape index (κ1) is 9.06. The number of ether oxygens (including phenoxy) is 2. The molecule has 0 aliphatic carbocycles. The van der Waals surface area contributed by atoms with E-state index in [-0.39, 0.29) is 12.1 Å². The monoisotopic (exact) mass is 191 g/mol. The number of rotatable bonds is 1. The van der Waals surface area contributed by atoms with Crippen molar-refractivity contribution >= 4 is 6.08 Å².